The molecule has 0 aliphatic heterocycles. The Morgan fingerprint density at radius 3 is 2.60 bits per heavy atom. The molecule has 3 rings (SSSR count). The Morgan fingerprint density at radius 2 is 1.90 bits per heavy atom. The van der Waals surface area contributed by atoms with Crippen molar-refractivity contribution < 1.29 is 14.3 Å². The molecule has 1 heterocycles. The van der Waals surface area contributed by atoms with Crippen molar-refractivity contribution in [3.63, 3.8) is 0 Å². The molecule has 158 valence electrons. The number of aromatic nitrogens is 2. The van der Waals surface area contributed by atoms with E-state index in [1.54, 1.807) is 30.1 Å². The Morgan fingerprint density at radius 1 is 1.17 bits per heavy atom. The van der Waals surface area contributed by atoms with Crippen LogP contribution in [0.25, 0.3) is 10.9 Å². The summed E-state index contributed by atoms with van der Waals surface area (Å²) in [5.41, 5.74) is 1.32. The van der Waals surface area contributed by atoms with Gasteiger partial charge in [0.1, 0.15) is 0 Å². The van der Waals surface area contributed by atoms with Gasteiger partial charge in [0.25, 0.3) is 5.56 Å². The monoisotopic (exact) mass is 429 g/mol. The highest BCUT2D eigenvalue weighted by atomic mass is 35.5. The largest absolute Gasteiger partial charge is 0.493 e. The van der Waals surface area contributed by atoms with E-state index >= 15 is 0 Å². The first-order valence-electron chi connectivity index (χ1n) is 9.52. The van der Waals surface area contributed by atoms with E-state index in [4.69, 9.17) is 21.1 Å². The molecule has 8 heteroatoms. The molecule has 1 aromatic heterocycles. The molecule has 0 unspecified atom stereocenters. The van der Waals surface area contributed by atoms with Gasteiger partial charge in [0.05, 0.1) is 31.4 Å². The van der Waals surface area contributed by atoms with Gasteiger partial charge in [-0.3, -0.25) is 14.2 Å². The van der Waals surface area contributed by atoms with Crippen molar-refractivity contribution in [3.8, 4) is 11.5 Å². The van der Waals surface area contributed by atoms with Gasteiger partial charge in [-0.15, -0.1) is 0 Å². The van der Waals surface area contributed by atoms with Crippen LogP contribution in [0.5, 0.6) is 11.5 Å². The van der Waals surface area contributed by atoms with Gasteiger partial charge >= 0.3 is 0 Å². The molecule has 30 heavy (non-hydrogen) atoms. The van der Waals surface area contributed by atoms with E-state index in [-0.39, 0.29) is 11.5 Å². The van der Waals surface area contributed by atoms with Crippen molar-refractivity contribution >= 4 is 28.4 Å². The van der Waals surface area contributed by atoms with E-state index in [0.29, 0.717) is 53.4 Å². The summed E-state index contributed by atoms with van der Waals surface area (Å²) in [6.45, 7) is 0.880. The van der Waals surface area contributed by atoms with Gasteiger partial charge in [0, 0.05) is 37.6 Å². The number of methoxy groups -OCH3 is 2. The topological polar surface area (TPSA) is 73.7 Å². The summed E-state index contributed by atoms with van der Waals surface area (Å²) in [6, 6.07) is 10.7. The molecule has 2 aromatic carbocycles. The molecule has 0 fully saturated rings. The second kappa shape index (κ2) is 9.63. The van der Waals surface area contributed by atoms with Gasteiger partial charge in [0.15, 0.2) is 11.5 Å². The maximum absolute atomic E-state index is 12.8. The maximum Gasteiger partial charge on any atom is 0.261 e. The summed E-state index contributed by atoms with van der Waals surface area (Å²) in [5.74, 6) is 0.991. The van der Waals surface area contributed by atoms with Crippen molar-refractivity contribution in [2.75, 3.05) is 21.3 Å². The van der Waals surface area contributed by atoms with Gasteiger partial charge in [-0.2, -0.15) is 0 Å². The Bertz CT molecular complexity index is 1110. The Labute approximate surface area is 179 Å². The third kappa shape index (κ3) is 4.91. The van der Waals surface area contributed by atoms with Gasteiger partial charge in [-0.05, 0) is 30.2 Å². The minimum Gasteiger partial charge on any atom is -0.493 e. The lowest BCUT2D eigenvalue weighted by atomic mass is 10.2. The zero-order valence-corrected chi connectivity index (χ0v) is 18.0. The number of amides is 1. The highest BCUT2D eigenvalue weighted by Gasteiger charge is 2.13. The molecule has 3 aromatic rings. The van der Waals surface area contributed by atoms with Gasteiger partial charge < -0.3 is 14.4 Å². The van der Waals surface area contributed by atoms with E-state index in [1.165, 1.54) is 25.1 Å². The summed E-state index contributed by atoms with van der Waals surface area (Å²) < 4.78 is 12.0. The average Bonchev–Trinajstić information content (AvgIpc) is 2.74. The fraction of sp³-hybridized carbons (Fsp3) is 0.318. The van der Waals surface area contributed by atoms with E-state index < -0.39 is 0 Å². The van der Waals surface area contributed by atoms with Crippen LogP contribution in [0.1, 0.15) is 18.4 Å². The molecule has 0 spiro atoms. The maximum atomic E-state index is 12.8. The van der Waals surface area contributed by atoms with Gasteiger partial charge in [-0.1, -0.05) is 23.7 Å². The normalized spacial score (nSPS) is 10.8. The number of aryl methyl sites for hydroxylation is 1. The van der Waals surface area contributed by atoms with Crippen LogP contribution in [0.2, 0.25) is 5.02 Å². The molecule has 0 saturated carbocycles. The highest BCUT2D eigenvalue weighted by molar-refractivity contribution is 6.30. The molecule has 0 N–H and O–H groups in total. The Hall–Kier alpha value is -3.06. The second-order valence-corrected chi connectivity index (χ2v) is 7.39. The molecule has 0 bridgehead atoms. The molecule has 0 radical (unpaired) electrons. The molecule has 0 aliphatic carbocycles. The predicted octanol–water partition coefficient (Wildman–Crippen LogP) is 3.51. The van der Waals surface area contributed by atoms with Gasteiger partial charge in [0.2, 0.25) is 5.91 Å². The van der Waals surface area contributed by atoms with Crippen molar-refractivity contribution in [2.24, 2.45) is 0 Å². The third-order valence-corrected chi connectivity index (χ3v) is 5.09. The van der Waals surface area contributed by atoms with Crippen LogP contribution >= 0.6 is 11.6 Å². The molecule has 7 nitrogen and oxygen atoms in total. The molecule has 1 amide bonds. The van der Waals surface area contributed by atoms with Crippen LogP contribution in [0.3, 0.4) is 0 Å². The lowest BCUT2D eigenvalue weighted by Gasteiger charge is -2.17. The van der Waals surface area contributed by atoms with Crippen molar-refractivity contribution in [1.29, 1.82) is 0 Å². The molecule has 0 atom stereocenters. The second-order valence-electron chi connectivity index (χ2n) is 6.95. The fourth-order valence-corrected chi connectivity index (χ4v) is 3.45. The summed E-state index contributed by atoms with van der Waals surface area (Å²) in [4.78, 5) is 31.2. The van der Waals surface area contributed by atoms with Gasteiger partial charge in [-0.25, -0.2) is 4.98 Å². The number of rotatable bonds is 8. The number of benzene rings is 2. The third-order valence-electron chi connectivity index (χ3n) is 4.85. The van der Waals surface area contributed by atoms with E-state index in [2.05, 4.69) is 4.98 Å². The van der Waals surface area contributed by atoms with Crippen LogP contribution < -0.4 is 15.0 Å². The molecule has 0 aliphatic rings. The molecular formula is C22H24ClN3O4. The van der Waals surface area contributed by atoms with Crippen molar-refractivity contribution in [3.05, 3.63) is 63.7 Å². The van der Waals surface area contributed by atoms with Crippen LogP contribution in [0.15, 0.2) is 47.5 Å². The quantitative estimate of drug-likeness (QED) is 0.548. The summed E-state index contributed by atoms with van der Waals surface area (Å²) >= 11 is 5.99. The zero-order valence-electron chi connectivity index (χ0n) is 17.2. The standard InChI is InChI=1S/C22H24ClN3O4/c1-25(13-15-6-4-7-16(23)10-15)21(27)8-5-9-26-14-24-18-12-20(30-3)19(29-2)11-17(18)22(26)28/h4,6-7,10-12,14H,5,8-9,13H2,1-3H3. The number of carbonyl (C=O) groups excluding carboxylic acids is 1. The number of fused-ring (bicyclic) bond motifs is 1. The molecule has 0 saturated heterocycles. The number of halogens is 1. The minimum absolute atomic E-state index is 0.00294. The van der Waals surface area contributed by atoms with Crippen LogP contribution in [-0.4, -0.2) is 41.6 Å². The minimum atomic E-state index is -0.180. The van der Waals surface area contributed by atoms with Crippen LogP contribution in [-0.2, 0) is 17.9 Å². The predicted molar refractivity (Wildman–Crippen MR) is 116 cm³/mol. The number of nitrogens with zero attached hydrogens (tertiary/aromatic N) is 3. The zero-order chi connectivity index (χ0) is 21.7. The average molecular weight is 430 g/mol. The number of carbonyl (C=O) groups is 1. The SMILES string of the molecule is COc1cc2ncn(CCCC(=O)N(C)Cc3cccc(Cl)c3)c(=O)c2cc1OC. The lowest BCUT2D eigenvalue weighted by molar-refractivity contribution is -0.130. The van der Waals surface area contributed by atoms with Crippen LogP contribution in [0, 0.1) is 0 Å². The van der Waals surface area contributed by atoms with E-state index in [9.17, 15) is 9.59 Å². The lowest BCUT2D eigenvalue weighted by Crippen LogP contribution is -2.27. The Balaban J connectivity index is 1.64. The molecular weight excluding hydrogens is 406 g/mol. The van der Waals surface area contributed by atoms with E-state index in [1.807, 2.05) is 18.2 Å². The smallest absolute Gasteiger partial charge is 0.261 e. The first-order chi connectivity index (χ1) is 14.4. The first-order valence-corrected chi connectivity index (χ1v) is 9.90. The number of ether oxygens (including phenoxy) is 2. The summed E-state index contributed by atoms with van der Waals surface area (Å²) in [5, 5.41) is 1.09. The highest BCUT2D eigenvalue weighted by Crippen LogP contribution is 2.29. The summed E-state index contributed by atoms with van der Waals surface area (Å²) in [7, 11) is 4.81. The van der Waals surface area contributed by atoms with E-state index in [0.717, 1.165) is 5.56 Å². The number of hydrogen-bond acceptors (Lipinski definition) is 5. The van der Waals surface area contributed by atoms with Crippen molar-refractivity contribution in [1.82, 2.24) is 14.5 Å². The number of hydrogen-bond donors (Lipinski definition) is 0. The fourth-order valence-electron chi connectivity index (χ4n) is 3.23. The summed E-state index contributed by atoms with van der Waals surface area (Å²) in [6.07, 6.45) is 2.35. The Kier molecular flexibility index (Phi) is 6.95. The van der Waals surface area contributed by atoms with Crippen LogP contribution in [0.4, 0.5) is 0 Å². The van der Waals surface area contributed by atoms with Crippen molar-refractivity contribution in [2.45, 2.75) is 25.9 Å². The first kappa shape index (κ1) is 21.6.